The van der Waals surface area contributed by atoms with Crippen molar-refractivity contribution in [1.82, 2.24) is 20.4 Å². The lowest BCUT2D eigenvalue weighted by Crippen LogP contribution is -2.36. The van der Waals surface area contributed by atoms with Crippen LogP contribution >= 0.6 is 0 Å². The van der Waals surface area contributed by atoms with E-state index in [4.69, 9.17) is 0 Å². The molecule has 0 aliphatic rings. The van der Waals surface area contributed by atoms with Gasteiger partial charge in [0.15, 0.2) is 0 Å². The summed E-state index contributed by atoms with van der Waals surface area (Å²) in [4.78, 5) is 24.5. The molecule has 3 rings (SSSR count). The lowest BCUT2D eigenvalue weighted by Gasteiger charge is -2.07. The van der Waals surface area contributed by atoms with Crippen LogP contribution in [0.5, 0.6) is 0 Å². The molecule has 6 heteroatoms. The fourth-order valence-corrected chi connectivity index (χ4v) is 2.87. The maximum Gasteiger partial charge on any atom is 0.255 e. The third-order valence-corrected chi connectivity index (χ3v) is 4.54. The summed E-state index contributed by atoms with van der Waals surface area (Å²) in [6.45, 7) is 6.36. The second-order valence-corrected chi connectivity index (χ2v) is 6.61. The third kappa shape index (κ3) is 4.28. The second kappa shape index (κ2) is 8.52. The molecule has 0 atom stereocenters. The number of hydrogen-bond acceptors (Lipinski definition) is 3. The van der Waals surface area contributed by atoms with Gasteiger partial charge in [0.2, 0.25) is 5.91 Å². The van der Waals surface area contributed by atoms with Crippen LogP contribution in [0, 0.1) is 13.8 Å². The van der Waals surface area contributed by atoms with Crippen molar-refractivity contribution in [2.24, 2.45) is 0 Å². The van der Waals surface area contributed by atoms with Gasteiger partial charge in [-0.25, -0.2) is 4.68 Å². The van der Waals surface area contributed by atoms with Gasteiger partial charge in [0.1, 0.15) is 5.69 Å². The van der Waals surface area contributed by atoms with Gasteiger partial charge < -0.3 is 10.6 Å². The van der Waals surface area contributed by atoms with Crippen LogP contribution in [0.4, 0.5) is 0 Å². The van der Waals surface area contributed by atoms with Crippen molar-refractivity contribution in [2.75, 3.05) is 13.1 Å². The van der Waals surface area contributed by atoms with Crippen LogP contribution in [-0.4, -0.2) is 34.7 Å². The van der Waals surface area contributed by atoms with Gasteiger partial charge in [-0.05, 0) is 50.1 Å². The van der Waals surface area contributed by atoms with Crippen LogP contribution in [0.15, 0.2) is 54.7 Å². The quantitative estimate of drug-likeness (QED) is 0.694. The largest absolute Gasteiger partial charge is 0.355 e. The Bertz CT molecular complexity index is 993. The molecule has 0 radical (unpaired) electrons. The molecule has 0 aliphatic carbocycles. The highest BCUT2D eigenvalue weighted by Gasteiger charge is 2.19. The van der Waals surface area contributed by atoms with Gasteiger partial charge in [-0.2, -0.15) is 5.10 Å². The zero-order chi connectivity index (χ0) is 20.1. The average Bonchev–Trinajstić information content (AvgIpc) is 3.15. The highest BCUT2D eigenvalue weighted by atomic mass is 16.2. The molecule has 3 aromatic rings. The predicted molar refractivity (Wildman–Crippen MR) is 109 cm³/mol. The Morgan fingerprint density at radius 2 is 1.75 bits per heavy atom. The first kappa shape index (κ1) is 19.4. The van der Waals surface area contributed by atoms with Crippen molar-refractivity contribution >= 4 is 11.8 Å². The molecule has 0 saturated carbocycles. The van der Waals surface area contributed by atoms with Crippen molar-refractivity contribution in [3.8, 4) is 16.9 Å². The Hall–Kier alpha value is -3.41. The van der Waals surface area contributed by atoms with Gasteiger partial charge in [0.25, 0.3) is 5.91 Å². The molecule has 1 heterocycles. The normalized spacial score (nSPS) is 10.5. The number of aromatic nitrogens is 2. The Kier molecular flexibility index (Phi) is 5.89. The molecule has 0 unspecified atom stereocenters. The number of nitrogens with one attached hydrogen (secondary N) is 2. The van der Waals surface area contributed by atoms with Gasteiger partial charge in [0, 0.05) is 18.3 Å². The number of benzene rings is 2. The zero-order valence-corrected chi connectivity index (χ0v) is 16.3. The summed E-state index contributed by atoms with van der Waals surface area (Å²) in [5, 5.41) is 10.0. The highest BCUT2D eigenvalue weighted by molar-refractivity contribution is 6.01. The van der Waals surface area contributed by atoms with E-state index in [0.29, 0.717) is 17.8 Å². The minimum absolute atomic E-state index is 0.0739. The summed E-state index contributed by atoms with van der Waals surface area (Å²) in [7, 11) is 0. The third-order valence-electron chi connectivity index (χ3n) is 4.54. The number of rotatable bonds is 6. The standard InChI is InChI=1S/C22H24N4O2/c1-4-23-20(27)13-24-22(28)19-14-26(18-8-6-5-7-9-18)25-21(19)17-11-10-15(2)16(3)12-17/h5-12,14H,4,13H2,1-3H3,(H,23,27)(H,24,28). The number of para-hydroxylation sites is 1. The number of nitrogens with zero attached hydrogens (tertiary/aromatic N) is 2. The molecule has 0 spiro atoms. The minimum atomic E-state index is -0.332. The summed E-state index contributed by atoms with van der Waals surface area (Å²) < 4.78 is 1.69. The smallest absolute Gasteiger partial charge is 0.255 e. The first-order valence-corrected chi connectivity index (χ1v) is 9.27. The van der Waals surface area contributed by atoms with Crippen molar-refractivity contribution < 1.29 is 9.59 Å². The number of hydrogen-bond donors (Lipinski definition) is 2. The summed E-state index contributed by atoms with van der Waals surface area (Å²) in [5.41, 5.74) is 5.03. The Morgan fingerprint density at radius 3 is 2.43 bits per heavy atom. The van der Waals surface area contributed by atoms with E-state index in [1.807, 2.05) is 69.3 Å². The molecule has 144 valence electrons. The van der Waals surface area contributed by atoms with Crippen LogP contribution < -0.4 is 10.6 Å². The summed E-state index contributed by atoms with van der Waals surface area (Å²) in [6.07, 6.45) is 1.70. The van der Waals surface area contributed by atoms with E-state index < -0.39 is 0 Å². The topological polar surface area (TPSA) is 76.0 Å². The zero-order valence-electron chi connectivity index (χ0n) is 16.3. The van der Waals surface area contributed by atoms with Crippen molar-refractivity contribution in [1.29, 1.82) is 0 Å². The van der Waals surface area contributed by atoms with Gasteiger partial charge in [-0.15, -0.1) is 0 Å². The first-order valence-electron chi connectivity index (χ1n) is 9.27. The molecular weight excluding hydrogens is 352 g/mol. The highest BCUT2D eigenvalue weighted by Crippen LogP contribution is 2.25. The Balaban J connectivity index is 1.99. The Morgan fingerprint density at radius 1 is 1.00 bits per heavy atom. The summed E-state index contributed by atoms with van der Waals surface area (Å²) in [6, 6.07) is 15.6. The van der Waals surface area contributed by atoms with Crippen LogP contribution in [0.1, 0.15) is 28.4 Å². The molecule has 0 saturated heterocycles. The molecule has 2 aromatic carbocycles. The van der Waals surface area contributed by atoms with Gasteiger partial charge in [-0.3, -0.25) is 9.59 Å². The van der Waals surface area contributed by atoms with E-state index in [0.717, 1.165) is 16.8 Å². The molecular formula is C22H24N4O2. The maximum absolute atomic E-state index is 12.8. The van der Waals surface area contributed by atoms with E-state index in [1.165, 1.54) is 5.56 Å². The summed E-state index contributed by atoms with van der Waals surface area (Å²) >= 11 is 0. The molecule has 1 aromatic heterocycles. The monoisotopic (exact) mass is 376 g/mol. The maximum atomic E-state index is 12.8. The van der Waals surface area contributed by atoms with E-state index in [-0.39, 0.29) is 18.4 Å². The van der Waals surface area contributed by atoms with Crippen LogP contribution in [0.3, 0.4) is 0 Å². The second-order valence-electron chi connectivity index (χ2n) is 6.61. The van der Waals surface area contributed by atoms with Gasteiger partial charge in [-0.1, -0.05) is 30.3 Å². The number of amides is 2. The van der Waals surface area contributed by atoms with E-state index in [9.17, 15) is 9.59 Å². The molecule has 2 N–H and O–H groups in total. The first-order chi connectivity index (χ1) is 13.5. The van der Waals surface area contributed by atoms with Crippen LogP contribution in [-0.2, 0) is 4.79 Å². The van der Waals surface area contributed by atoms with Crippen molar-refractivity contribution in [2.45, 2.75) is 20.8 Å². The summed E-state index contributed by atoms with van der Waals surface area (Å²) in [5.74, 6) is -0.555. The van der Waals surface area contributed by atoms with Gasteiger partial charge in [0.05, 0.1) is 17.8 Å². The number of likely N-dealkylation sites (N-methyl/N-ethyl adjacent to an activating group) is 1. The van der Waals surface area contributed by atoms with E-state index in [2.05, 4.69) is 15.7 Å². The minimum Gasteiger partial charge on any atom is -0.355 e. The molecule has 28 heavy (non-hydrogen) atoms. The van der Waals surface area contributed by atoms with Crippen molar-refractivity contribution in [3.63, 3.8) is 0 Å². The SMILES string of the molecule is CCNC(=O)CNC(=O)c1cn(-c2ccccc2)nc1-c1ccc(C)c(C)c1. The van der Waals surface area contributed by atoms with E-state index >= 15 is 0 Å². The molecule has 0 fully saturated rings. The lowest BCUT2D eigenvalue weighted by molar-refractivity contribution is -0.120. The number of carbonyl (C=O) groups is 2. The molecule has 2 amide bonds. The van der Waals surface area contributed by atoms with Crippen molar-refractivity contribution in [3.05, 3.63) is 71.4 Å². The number of aryl methyl sites for hydroxylation is 2. The average molecular weight is 376 g/mol. The molecule has 0 bridgehead atoms. The van der Waals surface area contributed by atoms with Crippen LogP contribution in [0.25, 0.3) is 16.9 Å². The fraction of sp³-hybridized carbons (Fsp3) is 0.227. The van der Waals surface area contributed by atoms with E-state index in [1.54, 1.807) is 10.9 Å². The number of carbonyl (C=O) groups excluding carboxylic acids is 2. The van der Waals surface area contributed by atoms with Crippen LogP contribution in [0.2, 0.25) is 0 Å². The fourth-order valence-electron chi connectivity index (χ4n) is 2.87. The molecule has 0 aliphatic heterocycles. The predicted octanol–water partition coefficient (Wildman–Crippen LogP) is 3.02. The lowest BCUT2D eigenvalue weighted by atomic mass is 10.0. The molecule has 6 nitrogen and oxygen atoms in total. The Labute approximate surface area is 164 Å². The van der Waals surface area contributed by atoms with Gasteiger partial charge >= 0.3 is 0 Å².